The Morgan fingerprint density at radius 1 is 1.05 bits per heavy atom. The summed E-state index contributed by atoms with van der Waals surface area (Å²) in [4.78, 5) is 0. The Bertz CT molecular complexity index is 434. The number of aliphatic hydroxyl groups is 1. The molecule has 1 aliphatic rings. The Labute approximate surface area is 124 Å². The van der Waals surface area contributed by atoms with Gasteiger partial charge in [-0.25, -0.2) is 0 Å². The summed E-state index contributed by atoms with van der Waals surface area (Å²) in [6, 6.07) is 5.32. The molecule has 0 radical (unpaired) electrons. The fourth-order valence-electron chi connectivity index (χ4n) is 3.16. The highest BCUT2D eigenvalue weighted by Crippen LogP contribution is 2.31. The lowest BCUT2D eigenvalue weighted by Crippen LogP contribution is -2.24. The Hall–Kier alpha value is -1.03. The largest absolute Gasteiger partial charge is 0.416 e. The summed E-state index contributed by atoms with van der Waals surface area (Å²) < 4.78 is 38.1. The second-order valence-electron chi connectivity index (χ2n) is 6.07. The summed E-state index contributed by atoms with van der Waals surface area (Å²) >= 11 is 0. The van der Waals surface area contributed by atoms with Gasteiger partial charge in [0, 0.05) is 0 Å². The van der Waals surface area contributed by atoms with E-state index in [1.807, 2.05) is 0 Å². The first-order chi connectivity index (χ1) is 9.97. The van der Waals surface area contributed by atoms with Crippen LogP contribution in [0.4, 0.5) is 13.2 Å². The first-order valence-corrected chi connectivity index (χ1v) is 7.81. The van der Waals surface area contributed by atoms with Crippen molar-refractivity contribution in [1.82, 2.24) is 0 Å². The molecule has 0 spiro atoms. The van der Waals surface area contributed by atoms with E-state index < -0.39 is 17.8 Å². The summed E-state index contributed by atoms with van der Waals surface area (Å²) in [6.07, 6.45) is 3.33. The van der Waals surface area contributed by atoms with Crippen molar-refractivity contribution in [3.8, 4) is 0 Å². The number of aliphatic hydroxyl groups excluding tert-OH is 1. The van der Waals surface area contributed by atoms with Crippen molar-refractivity contribution in [2.75, 3.05) is 0 Å². The molecule has 1 aromatic rings. The third-order valence-electron chi connectivity index (χ3n) is 4.39. The van der Waals surface area contributed by atoms with Gasteiger partial charge in [-0.3, -0.25) is 0 Å². The highest BCUT2D eigenvalue weighted by Gasteiger charge is 2.30. The number of hydrogen-bond donors (Lipinski definition) is 1. The molecule has 1 aliphatic carbocycles. The maximum atomic E-state index is 12.7. The molecule has 0 saturated heterocycles. The van der Waals surface area contributed by atoms with Gasteiger partial charge >= 0.3 is 6.18 Å². The van der Waals surface area contributed by atoms with Crippen LogP contribution in [0.5, 0.6) is 0 Å². The molecule has 2 rings (SSSR count). The van der Waals surface area contributed by atoms with Gasteiger partial charge in [0.15, 0.2) is 0 Å². The van der Waals surface area contributed by atoms with E-state index in [1.54, 1.807) is 6.07 Å². The molecule has 0 heterocycles. The highest BCUT2D eigenvalue weighted by molar-refractivity contribution is 5.26. The molecular weight excluding hydrogens is 277 g/mol. The van der Waals surface area contributed by atoms with Crippen LogP contribution < -0.4 is 0 Å². The van der Waals surface area contributed by atoms with E-state index in [0.29, 0.717) is 12.0 Å². The van der Waals surface area contributed by atoms with Gasteiger partial charge in [-0.05, 0) is 36.8 Å². The van der Waals surface area contributed by atoms with Gasteiger partial charge in [0.05, 0.1) is 11.7 Å². The second-order valence-corrected chi connectivity index (χ2v) is 6.07. The predicted octanol–water partition coefficient (Wildman–Crippen LogP) is 4.97. The fraction of sp³-hybridized carbons (Fsp3) is 0.647. The quantitative estimate of drug-likeness (QED) is 0.835. The summed E-state index contributed by atoms with van der Waals surface area (Å²) in [7, 11) is 0. The monoisotopic (exact) mass is 300 g/mol. The van der Waals surface area contributed by atoms with Gasteiger partial charge < -0.3 is 5.11 Å². The zero-order valence-corrected chi connectivity index (χ0v) is 12.2. The maximum Gasteiger partial charge on any atom is 0.416 e. The molecule has 1 fully saturated rings. The fourth-order valence-corrected chi connectivity index (χ4v) is 3.16. The van der Waals surface area contributed by atoms with Crippen LogP contribution in [0.3, 0.4) is 0 Å². The van der Waals surface area contributed by atoms with Crippen LogP contribution >= 0.6 is 0 Å². The summed E-state index contributed by atoms with van der Waals surface area (Å²) in [6.45, 7) is 0. The second kappa shape index (κ2) is 7.30. The molecule has 0 amide bonds. The van der Waals surface area contributed by atoms with Crippen LogP contribution in [0.2, 0.25) is 0 Å². The highest BCUT2D eigenvalue weighted by atomic mass is 19.4. The van der Waals surface area contributed by atoms with Gasteiger partial charge in [-0.1, -0.05) is 50.3 Å². The third kappa shape index (κ3) is 5.03. The lowest BCUT2D eigenvalue weighted by Gasteiger charge is -2.25. The number of halogens is 3. The number of rotatable bonds is 3. The molecule has 1 saturated carbocycles. The van der Waals surface area contributed by atoms with E-state index in [9.17, 15) is 18.3 Å². The average molecular weight is 300 g/mol. The molecule has 0 aliphatic heterocycles. The van der Waals surface area contributed by atoms with Crippen LogP contribution in [0.15, 0.2) is 24.3 Å². The number of benzene rings is 1. The summed E-state index contributed by atoms with van der Waals surface area (Å²) in [5.41, 5.74) is -0.0655. The van der Waals surface area contributed by atoms with Crippen LogP contribution in [-0.4, -0.2) is 11.2 Å². The minimum Gasteiger partial charge on any atom is -0.392 e. The van der Waals surface area contributed by atoms with Crippen LogP contribution in [0, 0.1) is 5.92 Å². The van der Waals surface area contributed by atoms with E-state index in [1.165, 1.54) is 25.3 Å². The van der Waals surface area contributed by atoms with Crippen molar-refractivity contribution in [1.29, 1.82) is 0 Å². The van der Waals surface area contributed by atoms with Crippen molar-refractivity contribution in [2.45, 2.75) is 63.6 Å². The Morgan fingerprint density at radius 2 is 1.67 bits per heavy atom. The Kier molecular flexibility index (Phi) is 5.68. The van der Waals surface area contributed by atoms with Gasteiger partial charge in [-0.15, -0.1) is 0 Å². The molecule has 4 heteroatoms. The lowest BCUT2D eigenvalue weighted by atomic mass is 9.85. The van der Waals surface area contributed by atoms with E-state index in [-0.39, 0.29) is 5.92 Å². The van der Waals surface area contributed by atoms with Gasteiger partial charge in [0.2, 0.25) is 0 Å². The van der Waals surface area contributed by atoms with Gasteiger partial charge in [-0.2, -0.15) is 13.2 Å². The molecule has 1 atom stereocenters. The van der Waals surface area contributed by atoms with Gasteiger partial charge in [0.25, 0.3) is 0 Å². The normalized spacial score (nSPS) is 19.8. The molecular formula is C17H23F3O. The molecule has 1 nitrogen and oxygen atoms in total. The zero-order chi connectivity index (χ0) is 15.3. The van der Waals surface area contributed by atoms with Crippen molar-refractivity contribution in [3.05, 3.63) is 35.4 Å². The number of hydrogen-bond acceptors (Lipinski definition) is 1. The van der Waals surface area contributed by atoms with Crippen molar-refractivity contribution in [3.63, 3.8) is 0 Å². The lowest BCUT2D eigenvalue weighted by molar-refractivity contribution is -0.137. The molecule has 1 N–H and O–H groups in total. The van der Waals surface area contributed by atoms with Crippen LogP contribution in [0.1, 0.15) is 56.1 Å². The average Bonchev–Trinajstić information content (AvgIpc) is 2.37. The SMILES string of the molecule is OC(Cc1cccc(C(F)(F)F)c1)C1CCCCCCC1. The molecule has 1 aromatic carbocycles. The minimum atomic E-state index is -4.32. The first-order valence-electron chi connectivity index (χ1n) is 7.81. The molecule has 21 heavy (non-hydrogen) atoms. The Balaban J connectivity index is 1.99. The van der Waals surface area contributed by atoms with Crippen LogP contribution in [0.25, 0.3) is 0 Å². The smallest absolute Gasteiger partial charge is 0.392 e. The topological polar surface area (TPSA) is 20.2 Å². The molecule has 0 aromatic heterocycles. The van der Waals surface area contributed by atoms with Crippen molar-refractivity contribution < 1.29 is 18.3 Å². The standard InChI is InChI=1S/C17H23F3O/c18-17(19,20)15-10-6-7-13(11-15)12-16(21)14-8-4-2-1-3-5-9-14/h6-7,10-11,14,16,21H,1-5,8-9,12H2. The van der Waals surface area contributed by atoms with Crippen molar-refractivity contribution in [2.24, 2.45) is 5.92 Å². The summed E-state index contributed by atoms with van der Waals surface area (Å²) in [5.74, 6) is 0.222. The first kappa shape index (κ1) is 16.3. The van der Waals surface area contributed by atoms with E-state index in [0.717, 1.165) is 37.8 Å². The zero-order valence-electron chi connectivity index (χ0n) is 12.2. The minimum absolute atomic E-state index is 0.222. The number of alkyl halides is 3. The molecule has 118 valence electrons. The van der Waals surface area contributed by atoms with Crippen LogP contribution in [-0.2, 0) is 12.6 Å². The molecule has 1 unspecified atom stereocenters. The third-order valence-corrected chi connectivity index (χ3v) is 4.39. The molecule has 0 bridgehead atoms. The summed E-state index contributed by atoms with van der Waals surface area (Å²) in [5, 5.41) is 10.4. The van der Waals surface area contributed by atoms with Gasteiger partial charge in [0.1, 0.15) is 0 Å². The van der Waals surface area contributed by atoms with E-state index in [2.05, 4.69) is 0 Å². The maximum absolute atomic E-state index is 12.7. The van der Waals surface area contributed by atoms with Crippen molar-refractivity contribution >= 4 is 0 Å². The van der Waals surface area contributed by atoms with E-state index in [4.69, 9.17) is 0 Å². The van der Waals surface area contributed by atoms with E-state index >= 15 is 0 Å². The predicted molar refractivity (Wildman–Crippen MR) is 77.0 cm³/mol. The Morgan fingerprint density at radius 3 is 2.29 bits per heavy atom.